The number of nitriles is 1. The Morgan fingerprint density at radius 3 is 2.26 bits per heavy atom. The highest BCUT2D eigenvalue weighted by Crippen LogP contribution is 2.40. The third-order valence-electron chi connectivity index (χ3n) is 9.39. The van der Waals surface area contributed by atoms with Crippen LogP contribution < -0.4 is 24.8 Å². The fraction of sp³-hybridized carbons (Fsp3) is 0.214. The molecule has 54 heavy (non-hydrogen) atoms. The van der Waals surface area contributed by atoms with Gasteiger partial charge in [-0.05, 0) is 93.9 Å². The molecule has 0 fully saturated rings. The van der Waals surface area contributed by atoms with Crippen LogP contribution in [0.1, 0.15) is 39.5 Å². The van der Waals surface area contributed by atoms with E-state index in [0.29, 0.717) is 59.0 Å². The summed E-state index contributed by atoms with van der Waals surface area (Å²) in [7, 11) is 1.31. The molecule has 0 aromatic heterocycles. The number of ether oxygens (including phenoxy) is 4. The minimum Gasteiger partial charge on any atom is -0.489 e. The van der Waals surface area contributed by atoms with Crippen molar-refractivity contribution in [1.29, 1.82) is 5.26 Å². The Morgan fingerprint density at radius 1 is 0.889 bits per heavy atom. The van der Waals surface area contributed by atoms with Gasteiger partial charge in [0, 0.05) is 13.0 Å². The molecule has 1 amide bonds. The highest BCUT2D eigenvalue weighted by atomic mass is 35.5. The van der Waals surface area contributed by atoms with E-state index in [1.807, 2.05) is 78.9 Å². The highest BCUT2D eigenvalue weighted by molar-refractivity contribution is 6.42. The SMILES string of the molecule is COC(=O)[C@@H](Cc1ccc(-c2ccc(C#N)cc2)cc1)NC(=O)[C@@H]1Cc2cc3c(cc2CN1)OC(c1ccc(OCc2ccc(Cl)c(Cl)c2)cc1)CO3.Cl. The first-order chi connectivity index (χ1) is 25.8. The molecule has 0 radical (unpaired) electrons. The van der Waals surface area contributed by atoms with Crippen LogP contribution in [0, 0.1) is 11.3 Å². The summed E-state index contributed by atoms with van der Waals surface area (Å²) >= 11 is 12.1. The smallest absolute Gasteiger partial charge is 0.328 e. The van der Waals surface area contributed by atoms with Gasteiger partial charge in [-0.25, -0.2) is 4.79 Å². The summed E-state index contributed by atoms with van der Waals surface area (Å²) in [6, 6.07) is 32.8. The van der Waals surface area contributed by atoms with Crippen molar-refractivity contribution in [2.45, 2.75) is 44.2 Å². The molecular weight excluding hydrogens is 749 g/mol. The number of benzene rings is 5. The summed E-state index contributed by atoms with van der Waals surface area (Å²) in [6.45, 7) is 1.13. The fourth-order valence-electron chi connectivity index (χ4n) is 6.42. The van der Waals surface area contributed by atoms with E-state index in [1.54, 1.807) is 24.3 Å². The standard InChI is InChI=1S/C42H35Cl2N3O6.ClH/c1-50-42(49)37(17-25-2-7-28(8-3-25)29-9-4-26(21-45)5-10-29)47-41(48)36-18-31-19-38-39(20-32(31)22-46-36)53-40(24-52-38)30-11-13-33(14-12-30)51-23-27-6-15-34(43)35(44)16-27;/h2-16,19-20,36-37,40,46H,17-18,22-24H2,1H3,(H,47,48);1H/t36-,37+,40?;/m0./s1. The number of rotatable bonds is 10. The number of fused-ring (bicyclic) bond motifs is 2. The summed E-state index contributed by atoms with van der Waals surface area (Å²) in [5.41, 5.74) is 7.27. The number of carbonyl (C=O) groups excluding carboxylic acids is 2. The van der Waals surface area contributed by atoms with Crippen LogP contribution in [0.2, 0.25) is 10.0 Å². The van der Waals surface area contributed by atoms with Gasteiger partial charge in [0.15, 0.2) is 17.6 Å². The number of nitrogens with zero attached hydrogens (tertiary/aromatic N) is 1. The highest BCUT2D eigenvalue weighted by Gasteiger charge is 2.31. The summed E-state index contributed by atoms with van der Waals surface area (Å²) < 4.78 is 23.5. The molecule has 0 saturated heterocycles. The average molecular weight is 785 g/mol. The molecular formula is C42H36Cl3N3O6. The van der Waals surface area contributed by atoms with Gasteiger partial charge in [0.25, 0.3) is 0 Å². The van der Waals surface area contributed by atoms with E-state index in [2.05, 4.69) is 16.7 Å². The predicted octanol–water partition coefficient (Wildman–Crippen LogP) is 7.96. The van der Waals surface area contributed by atoms with Crippen LogP contribution in [0.5, 0.6) is 17.2 Å². The summed E-state index contributed by atoms with van der Waals surface area (Å²) in [5.74, 6) is 1.16. The molecule has 2 N–H and O–H groups in total. The van der Waals surface area contributed by atoms with Crippen LogP contribution in [0.15, 0.2) is 103 Å². The molecule has 5 aromatic rings. The van der Waals surface area contributed by atoms with Crippen LogP contribution >= 0.6 is 35.6 Å². The van der Waals surface area contributed by atoms with Crippen LogP contribution in [-0.2, 0) is 40.3 Å². The van der Waals surface area contributed by atoms with E-state index in [-0.39, 0.29) is 30.8 Å². The number of carbonyl (C=O) groups is 2. The van der Waals surface area contributed by atoms with E-state index < -0.39 is 18.1 Å². The zero-order valence-corrected chi connectivity index (χ0v) is 31.5. The quantitative estimate of drug-likeness (QED) is 0.137. The third kappa shape index (κ3) is 8.92. The minimum absolute atomic E-state index is 0. The normalized spacial score (nSPS) is 16.1. The van der Waals surface area contributed by atoms with E-state index in [9.17, 15) is 9.59 Å². The monoisotopic (exact) mass is 783 g/mol. The molecule has 0 bridgehead atoms. The Kier molecular flexibility index (Phi) is 12.3. The summed E-state index contributed by atoms with van der Waals surface area (Å²) in [4.78, 5) is 26.3. The minimum atomic E-state index is -0.864. The molecule has 5 aromatic carbocycles. The zero-order chi connectivity index (χ0) is 36.9. The van der Waals surface area contributed by atoms with Crippen molar-refractivity contribution in [3.63, 3.8) is 0 Å². The fourth-order valence-corrected chi connectivity index (χ4v) is 6.74. The molecule has 0 spiro atoms. The van der Waals surface area contributed by atoms with Gasteiger partial charge in [-0.15, -0.1) is 12.4 Å². The van der Waals surface area contributed by atoms with Crippen molar-refractivity contribution in [2.24, 2.45) is 0 Å². The number of methoxy groups -OCH3 is 1. The molecule has 1 unspecified atom stereocenters. The van der Waals surface area contributed by atoms with Gasteiger partial charge in [0.1, 0.15) is 25.0 Å². The van der Waals surface area contributed by atoms with E-state index >= 15 is 0 Å². The molecule has 2 aliphatic rings. The Hall–Kier alpha value is -5.24. The molecule has 2 heterocycles. The molecule has 0 saturated carbocycles. The van der Waals surface area contributed by atoms with E-state index in [1.165, 1.54) is 7.11 Å². The van der Waals surface area contributed by atoms with Crippen molar-refractivity contribution in [2.75, 3.05) is 13.7 Å². The number of halogens is 3. The van der Waals surface area contributed by atoms with Crippen LogP contribution in [0.4, 0.5) is 0 Å². The van der Waals surface area contributed by atoms with Crippen LogP contribution in [0.3, 0.4) is 0 Å². The second-order valence-electron chi connectivity index (χ2n) is 12.9. The largest absolute Gasteiger partial charge is 0.489 e. The Morgan fingerprint density at radius 2 is 1.57 bits per heavy atom. The van der Waals surface area contributed by atoms with Gasteiger partial charge in [0.05, 0.1) is 34.8 Å². The van der Waals surface area contributed by atoms with Gasteiger partial charge in [-0.2, -0.15) is 5.26 Å². The molecule has 7 rings (SSSR count). The van der Waals surface area contributed by atoms with Crippen molar-refractivity contribution in [1.82, 2.24) is 10.6 Å². The van der Waals surface area contributed by atoms with Crippen molar-refractivity contribution in [3.8, 4) is 34.4 Å². The van der Waals surface area contributed by atoms with Gasteiger partial charge in [-0.3, -0.25) is 4.79 Å². The first-order valence-corrected chi connectivity index (χ1v) is 17.8. The Balaban J connectivity index is 0.00000497. The van der Waals surface area contributed by atoms with Gasteiger partial charge in [0.2, 0.25) is 5.91 Å². The number of hydrogen-bond donors (Lipinski definition) is 2. The maximum atomic E-state index is 13.5. The maximum Gasteiger partial charge on any atom is 0.328 e. The van der Waals surface area contributed by atoms with Crippen molar-refractivity contribution < 1.29 is 28.5 Å². The first kappa shape index (κ1) is 38.5. The maximum absolute atomic E-state index is 13.5. The van der Waals surface area contributed by atoms with E-state index in [4.69, 9.17) is 47.4 Å². The lowest BCUT2D eigenvalue weighted by atomic mass is 9.94. The number of esters is 1. The van der Waals surface area contributed by atoms with Crippen LogP contribution in [-0.4, -0.2) is 37.7 Å². The predicted molar refractivity (Wildman–Crippen MR) is 208 cm³/mol. The third-order valence-corrected chi connectivity index (χ3v) is 10.1. The first-order valence-electron chi connectivity index (χ1n) is 17.1. The molecule has 3 atom stereocenters. The van der Waals surface area contributed by atoms with Crippen LogP contribution in [0.25, 0.3) is 11.1 Å². The molecule has 9 nitrogen and oxygen atoms in total. The lowest BCUT2D eigenvalue weighted by molar-refractivity contribution is -0.145. The lowest BCUT2D eigenvalue weighted by Gasteiger charge is -2.31. The molecule has 2 aliphatic heterocycles. The Bertz CT molecular complexity index is 2170. The number of amides is 1. The van der Waals surface area contributed by atoms with Crippen molar-refractivity contribution >= 4 is 47.5 Å². The number of nitrogens with one attached hydrogen (secondary N) is 2. The summed E-state index contributed by atoms with van der Waals surface area (Å²) in [6.07, 6.45) is 0.379. The second-order valence-corrected chi connectivity index (χ2v) is 13.7. The molecule has 12 heteroatoms. The van der Waals surface area contributed by atoms with Gasteiger partial charge >= 0.3 is 5.97 Å². The molecule has 276 valence electrons. The summed E-state index contributed by atoms with van der Waals surface area (Å²) in [5, 5.41) is 16.3. The second kappa shape index (κ2) is 17.3. The topological polar surface area (TPSA) is 119 Å². The van der Waals surface area contributed by atoms with Gasteiger partial charge in [-0.1, -0.05) is 77.8 Å². The number of hydrogen-bond acceptors (Lipinski definition) is 8. The van der Waals surface area contributed by atoms with Crippen molar-refractivity contribution in [3.05, 3.63) is 147 Å². The van der Waals surface area contributed by atoms with E-state index in [0.717, 1.165) is 38.9 Å². The lowest BCUT2D eigenvalue weighted by Crippen LogP contribution is -2.53. The average Bonchev–Trinajstić information content (AvgIpc) is 3.20. The zero-order valence-electron chi connectivity index (χ0n) is 29.1. The Labute approximate surface area is 329 Å². The van der Waals surface area contributed by atoms with Gasteiger partial charge < -0.3 is 29.6 Å². The molecule has 0 aliphatic carbocycles.